The van der Waals surface area contributed by atoms with Gasteiger partial charge in [-0.15, -0.1) is 0 Å². The Labute approximate surface area is 97.7 Å². The van der Waals surface area contributed by atoms with Crippen molar-refractivity contribution in [1.29, 1.82) is 0 Å². The van der Waals surface area contributed by atoms with Crippen molar-refractivity contribution in [1.82, 2.24) is 5.32 Å². The van der Waals surface area contributed by atoms with Gasteiger partial charge in [-0.3, -0.25) is 15.4 Å². The number of carbonyl (C=O) groups is 1. The van der Waals surface area contributed by atoms with Gasteiger partial charge in [-0.25, -0.2) is 0 Å². The molecule has 0 aromatic heterocycles. The first-order valence-electron chi connectivity index (χ1n) is 5.24. The molecule has 1 aromatic rings. The summed E-state index contributed by atoms with van der Waals surface area (Å²) in [6.45, 7) is 0.829. The number of benzene rings is 1. The monoisotopic (exact) mass is 236 g/mol. The highest BCUT2D eigenvalue weighted by atomic mass is 16.6. The number of nitrogens with one attached hydrogen (secondary N) is 1. The molecule has 0 radical (unpaired) electrons. The number of non-ortho nitro benzene ring substituents is 1. The van der Waals surface area contributed by atoms with Crippen molar-refractivity contribution in [3.8, 4) is 0 Å². The molecule has 1 saturated heterocycles. The molecule has 90 valence electrons. The van der Waals surface area contributed by atoms with Crippen LogP contribution in [0.4, 0.5) is 5.69 Å². The molecule has 0 amide bonds. The highest BCUT2D eigenvalue weighted by Gasteiger charge is 2.22. The van der Waals surface area contributed by atoms with E-state index in [1.807, 2.05) is 0 Å². The van der Waals surface area contributed by atoms with Crippen LogP contribution in [-0.4, -0.2) is 30.5 Å². The van der Waals surface area contributed by atoms with Crippen LogP contribution in [-0.2, 0) is 9.53 Å². The van der Waals surface area contributed by atoms with Gasteiger partial charge < -0.3 is 9.53 Å². The average molecular weight is 236 g/mol. The Morgan fingerprint density at radius 1 is 1.35 bits per heavy atom. The molecule has 1 fully saturated rings. The van der Waals surface area contributed by atoms with E-state index >= 15 is 0 Å². The van der Waals surface area contributed by atoms with Crippen LogP contribution in [0.25, 0.3) is 0 Å². The Kier molecular flexibility index (Phi) is 3.46. The smallest absolute Gasteiger partial charge is 0.269 e. The summed E-state index contributed by atoms with van der Waals surface area (Å²) in [4.78, 5) is 20.7. The normalized spacial score (nSPS) is 24.2. The van der Waals surface area contributed by atoms with E-state index in [-0.39, 0.29) is 17.8 Å². The largest absolute Gasteiger partial charge is 0.377 e. The molecule has 0 bridgehead atoms. The maximum atomic E-state index is 10.6. The van der Waals surface area contributed by atoms with Crippen LogP contribution < -0.4 is 5.32 Å². The molecular weight excluding hydrogens is 224 g/mol. The molecule has 1 aliphatic rings. The highest BCUT2D eigenvalue weighted by Crippen LogP contribution is 2.20. The van der Waals surface area contributed by atoms with Gasteiger partial charge in [-0.2, -0.15) is 0 Å². The third-order valence-electron chi connectivity index (χ3n) is 2.67. The highest BCUT2D eigenvalue weighted by molar-refractivity contribution is 5.58. The minimum Gasteiger partial charge on any atom is -0.377 e. The molecule has 1 aromatic carbocycles. The number of nitrogens with zero attached hydrogens (tertiary/aromatic N) is 1. The van der Waals surface area contributed by atoms with Crippen LogP contribution in [0.1, 0.15) is 11.6 Å². The lowest BCUT2D eigenvalue weighted by Crippen LogP contribution is -2.44. The summed E-state index contributed by atoms with van der Waals surface area (Å²) in [6.07, 6.45) is 0.803. The maximum Gasteiger partial charge on any atom is 0.269 e. The van der Waals surface area contributed by atoms with Gasteiger partial charge in [0.25, 0.3) is 5.69 Å². The minimum atomic E-state index is -0.442. The van der Waals surface area contributed by atoms with Gasteiger partial charge in [0.1, 0.15) is 6.29 Å². The summed E-state index contributed by atoms with van der Waals surface area (Å²) in [5.41, 5.74) is 0.930. The molecule has 2 rings (SSSR count). The van der Waals surface area contributed by atoms with E-state index in [1.165, 1.54) is 12.1 Å². The topological polar surface area (TPSA) is 81.5 Å². The fourth-order valence-corrected chi connectivity index (χ4v) is 1.77. The summed E-state index contributed by atoms with van der Waals surface area (Å²) >= 11 is 0. The van der Waals surface area contributed by atoms with Crippen LogP contribution in [0.5, 0.6) is 0 Å². The molecule has 0 aliphatic carbocycles. The summed E-state index contributed by atoms with van der Waals surface area (Å²) in [5, 5.41) is 13.6. The Morgan fingerprint density at radius 3 is 2.65 bits per heavy atom. The SMILES string of the molecule is O=CC1COC[C@@H](c2ccc([N+](=O)[O-])cc2)N1. The van der Waals surface area contributed by atoms with Gasteiger partial charge >= 0.3 is 0 Å². The fourth-order valence-electron chi connectivity index (χ4n) is 1.77. The van der Waals surface area contributed by atoms with Gasteiger partial charge in [0.05, 0.1) is 30.2 Å². The number of nitro groups is 1. The maximum absolute atomic E-state index is 10.6. The van der Waals surface area contributed by atoms with Crippen LogP contribution in [0.2, 0.25) is 0 Å². The van der Waals surface area contributed by atoms with Gasteiger partial charge in [-0.05, 0) is 5.56 Å². The van der Waals surface area contributed by atoms with Crippen molar-refractivity contribution in [3.63, 3.8) is 0 Å². The number of ether oxygens (including phenoxy) is 1. The van der Waals surface area contributed by atoms with E-state index in [2.05, 4.69) is 5.32 Å². The van der Waals surface area contributed by atoms with Crippen molar-refractivity contribution in [2.24, 2.45) is 0 Å². The van der Waals surface area contributed by atoms with Crippen LogP contribution >= 0.6 is 0 Å². The van der Waals surface area contributed by atoms with Crippen molar-refractivity contribution in [2.75, 3.05) is 13.2 Å². The Hall–Kier alpha value is -1.79. The van der Waals surface area contributed by atoms with Crippen molar-refractivity contribution < 1.29 is 14.5 Å². The van der Waals surface area contributed by atoms with E-state index in [0.29, 0.717) is 13.2 Å². The standard InChI is InChI=1S/C11H12N2O4/c14-5-9-6-17-7-11(12-9)8-1-3-10(4-2-8)13(15)16/h1-5,9,11-12H,6-7H2/t9?,11-/m0/s1. The number of hydrogen-bond donors (Lipinski definition) is 1. The average Bonchev–Trinajstić information content (AvgIpc) is 2.39. The molecular formula is C11H12N2O4. The van der Waals surface area contributed by atoms with E-state index in [1.54, 1.807) is 12.1 Å². The van der Waals surface area contributed by atoms with E-state index in [9.17, 15) is 14.9 Å². The first kappa shape index (κ1) is 11.7. The second-order valence-electron chi connectivity index (χ2n) is 3.85. The lowest BCUT2D eigenvalue weighted by molar-refractivity contribution is -0.384. The van der Waals surface area contributed by atoms with E-state index in [4.69, 9.17) is 4.74 Å². The number of nitro benzene ring substituents is 1. The molecule has 0 spiro atoms. The molecule has 1 aliphatic heterocycles. The molecule has 2 atom stereocenters. The number of morpholine rings is 1. The second-order valence-corrected chi connectivity index (χ2v) is 3.85. The summed E-state index contributed by atoms with van der Waals surface area (Å²) in [7, 11) is 0. The lowest BCUT2D eigenvalue weighted by Gasteiger charge is -2.28. The Balaban J connectivity index is 2.11. The first-order valence-corrected chi connectivity index (χ1v) is 5.24. The molecule has 6 heteroatoms. The molecule has 6 nitrogen and oxygen atoms in total. The molecule has 17 heavy (non-hydrogen) atoms. The second kappa shape index (κ2) is 5.03. The molecule has 1 N–H and O–H groups in total. The fraction of sp³-hybridized carbons (Fsp3) is 0.364. The Bertz CT molecular complexity index is 418. The van der Waals surface area contributed by atoms with Crippen molar-refractivity contribution >= 4 is 12.0 Å². The lowest BCUT2D eigenvalue weighted by atomic mass is 10.1. The van der Waals surface area contributed by atoms with Gasteiger partial charge in [-0.1, -0.05) is 12.1 Å². The number of rotatable bonds is 3. The van der Waals surface area contributed by atoms with Gasteiger partial charge in [0.2, 0.25) is 0 Å². The number of carbonyl (C=O) groups excluding carboxylic acids is 1. The first-order chi connectivity index (χ1) is 8.20. The third-order valence-corrected chi connectivity index (χ3v) is 2.67. The number of hydrogen-bond acceptors (Lipinski definition) is 5. The summed E-state index contributed by atoms with van der Waals surface area (Å²) in [5.74, 6) is 0. The quantitative estimate of drug-likeness (QED) is 0.477. The van der Waals surface area contributed by atoms with E-state index in [0.717, 1.165) is 11.8 Å². The predicted octanol–water partition coefficient (Wildman–Crippen LogP) is 0.823. The van der Waals surface area contributed by atoms with E-state index < -0.39 is 4.92 Å². The van der Waals surface area contributed by atoms with Crippen LogP contribution in [0.15, 0.2) is 24.3 Å². The zero-order valence-corrected chi connectivity index (χ0v) is 9.04. The number of aldehydes is 1. The molecule has 0 saturated carbocycles. The molecule has 1 unspecified atom stereocenters. The summed E-state index contributed by atoms with van der Waals surface area (Å²) < 4.78 is 5.29. The predicted molar refractivity (Wildman–Crippen MR) is 59.6 cm³/mol. The summed E-state index contributed by atoms with van der Waals surface area (Å²) in [6, 6.07) is 5.82. The zero-order valence-electron chi connectivity index (χ0n) is 9.04. The van der Waals surface area contributed by atoms with Crippen LogP contribution in [0, 0.1) is 10.1 Å². The third kappa shape index (κ3) is 2.66. The van der Waals surface area contributed by atoms with Crippen molar-refractivity contribution in [2.45, 2.75) is 12.1 Å². The van der Waals surface area contributed by atoms with Crippen LogP contribution in [0.3, 0.4) is 0 Å². The minimum absolute atomic E-state index is 0.0532. The van der Waals surface area contributed by atoms with Crippen molar-refractivity contribution in [3.05, 3.63) is 39.9 Å². The van der Waals surface area contributed by atoms with Gasteiger partial charge in [0, 0.05) is 12.1 Å². The zero-order chi connectivity index (χ0) is 12.3. The van der Waals surface area contributed by atoms with Gasteiger partial charge in [0.15, 0.2) is 0 Å². The Morgan fingerprint density at radius 2 is 2.06 bits per heavy atom. The molecule has 1 heterocycles.